The first-order chi connectivity index (χ1) is 9.10. The Balaban J connectivity index is 2.30. The summed E-state index contributed by atoms with van der Waals surface area (Å²) in [5.41, 5.74) is 2.56. The number of benzene rings is 2. The van der Waals surface area contributed by atoms with E-state index in [1.165, 1.54) is 0 Å². The van der Waals surface area contributed by atoms with E-state index in [0.29, 0.717) is 27.4 Å². The van der Waals surface area contributed by atoms with Gasteiger partial charge in [0.05, 0.1) is 17.3 Å². The molecule has 0 aliphatic carbocycles. The molecule has 0 aliphatic rings. The van der Waals surface area contributed by atoms with Crippen LogP contribution in [0, 0.1) is 18.3 Å². The summed E-state index contributed by atoms with van der Waals surface area (Å²) in [4.78, 5) is 4.24. The van der Waals surface area contributed by atoms with Gasteiger partial charge in [-0.05, 0) is 48.9 Å². The van der Waals surface area contributed by atoms with Gasteiger partial charge < -0.3 is 5.11 Å². The highest BCUT2D eigenvalue weighted by molar-refractivity contribution is 6.31. The molecule has 0 atom stereocenters. The van der Waals surface area contributed by atoms with Crippen LogP contribution >= 0.6 is 11.6 Å². The van der Waals surface area contributed by atoms with Crippen molar-refractivity contribution in [2.24, 2.45) is 4.99 Å². The van der Waals surface area contributed by atoms with E-state index < -0.39 is 0 Å². The Hall–Kier alpha value is -2.31. The summed E-state index contributed by atoms with van der Waals surface area (Å²) >= 11 is 5.93. The van der Waals surface area contributed by atoms with Gasteiger partial charge in [0.2, 0.25) is 0 Å². The van der Waals surface area contributed by atoms with Gasteiger partial charge in [-0.15, -0.1) is 0 Å². The number of nitriles is 1. The second-order valence-electron chi connectivity index (χ2n) is 4.08. The number of nitrogens with zero attached hydrogens (tertiary/aromatic N) is 2. The highest BCUT2D eigenvalue weighted by atomic mass is 35.5. The first kappa shape index (κ1) is 13.1. The molecular weight excluding hydrogens is 260 g/mol. The van der Waals surface area contributed by atoms with Crippen molar-refractivity contribution in [3.63, 3.8) is 0 Å². The van der Waals surface area contributed by atoms with Crippen LogP contribution in [0.15, 0.2) is 41.4 Å². The maximum absolute atomic E-state index is 9.89. The van der Waals surface area contributed by atoms with Crippen LogP contribution in [0.5, 0.6) is 5.75 Å². The quantitative estimate of drug-likeness (QED) is 0.839. The minimum Gasteiger partial charge on any atom is -0.507 e. The first-order valence-corrected chi connectivity index (χ1v) is 6.01. The molecule has 94 valence electrons. The molecule has 0 aliphatic heterocycles. The summed E-state index contributed by atoms with van der Waals surface area (Å²) in [5.74, 6) is 0.168. The van der Waals surface area contributed by atoms with Gasteiger partial charge in [-0.25, -0.2) is 0 Å². The predicted octanol–water partition coefficient (Wildman–Crippen LogP) is 3.98. The fourth-order valence-electron chi connectivity index (χ4n) is 1.63. The van der Waals surface area contributed by atoms with Crippen LogP contribution in [0.25, 0.3) is 0 Å². The van der Waals surface area contributed by atoms with Crippen LogP contribution in [0.1, 0.15) is 16.7 Å². The molecule has 0 bridgehead atoms. The van der Waals surface area contributed by atoms with Crippen LogP contribution in [-0.2, 0) is 0 Å². The molecule has 4 heteroatoms. The number of aliphatic imine (C=N–C) groups is 1. The second kappa shape index (κ2) is 5.55. The van der Waals surface area contributed by atoms with E-state index >= 15 is 0 Å². The van der Waals surface area contributed by atoms with E-state index in [1.807, 2.05) is 6.07 Å². The summed E-state index contributed by atoms with van der Waals surface area (Å²) in [6.45, 7) is 1.78. The summed E-state index contributed by atoms with van der Waals surface area (Å²) < 4.78 is 0. The maximum atomic E-state index is 9.89. The zero-order chi connectivity index (χ0) is 13.8. The summed E-state index contributed by atoms with van der Waals surface area (Å²) in [7, 11) is 0. The highest BCUT2D eigenvalue weighted by Gasteiger charge is 2.04. The third-order valence-electron chi connectivity index (χ3n) is 2.64. The zero-order valence-corrected chi connectivity index (χ0v) is 11.0. The van der Waals surface area contributed by atoms with Crippen molar-refractivity contribution in [3.8, 4) is 11.8 Å². The first-order valence-electron chi connectivity index (χ1n) is 5.63. The Morgan fingerprint density at radius 3 is 2.58 bits per heavy atom. The van der Waals surface area contributed by atoms with Crippen molar-refractivity contribution in [2.45, 2.75) is 6.92 Å². The fraction of sp³-hybridized carbons (Fsp3) is 0.0667. The topological polar surface area (TPSA) is 56.4 Å². The standard InChI is InChI=1S/C15H11ClN2O/c1-10-6-13(16)7-12(15(10)19)9-18-14-4-2-11(8-17)3-5-14/h2-7,9,19H,1H3. The second-order valence-corrected chi connectivity index (χ2v) is 4.51. The van der Waals surface area contributed by atoms with Crippen LogP contribution in [0.2, 0.25) is 5.02 Å². The van der Waals surface area contributed by atoms with E-state index in [-0.39, 0.29) is 5.75 Å². The van der Waals surface area contributed by atoms with Crippen molar-refractivity contribution < 1.29 is 5.11 Å². The van der Waals surface area contributed by atoms with Gasteiger partial charge in [0.25, 0.3) is 0 Å². The summed E-state index contributed by atoms with van der Waals surface area (Å²) in [5, 5.41) is 19.1. The highest BCUT2D eigenvalue weighted by Crippen LogP contribution is 2.25. The lowest BCUT2D eigenvalue weighted by molar-refractivity contribution is 0.470. The number of phenolic OH excluding ortho intramolecular Hbond substituents is 1. The monoisotopic (exact) mass is 270 g/mol. The fourth-order valence-corrected chi connectivity index (χ4v) is 1.91. The lowest BCUT2D eigenvalue weighted by atomic mass is 10.1. The summed E-state index contributed by atoms with van der Waals surface area (Å²) in [6.07, 6.45) is 1.55. The minimum absolute atomic E-state index is 0.168. The number of hydrogen-bond donors (Lipinski definition) is 1. The van der Waals surface area contributed by atoms with Crippen molar-refractivity contribution >= 4 is 23.5 Å². The molecule has 0 radical (unpaired) electrons. The van der Waals surface area contributed by atoms with Gasteiger partial charge >= 0.3 is 0 Å². The molecule has 2 aromatic carbocycles. The Bertz CT molecular complexity index is 670. The lowest BCUT2D eigenvalue weighted by Gasteiger charge is -2.03. The van der Waals surface area contributed by atoms with Crippen LogP contribution in [-0.4, -0.2) is 11.3 Å². The number of halogens is 1. The van der Waals surface area contributed by atoms with Crippen LogP contribution < -0.4 is 0 Å². The molecule has 2 aromatic rings. The van der Waals surface area contributed by atoms with Gasteiger partial charge in [-0.1, -0.05) is 11.6 Å². The number of phenols is 1. The van der Waals surface area contributed by atoms with Crippen molar-refractivity contribution in [3.05, 3.63) is 58.1 Å². The Morgan fingerprint density at radius 2 is 1.95 bits per heavy atom. The maximum Gasteiger partial charge on any atom is 0.127 e. The molecule has 0 amide bonds. The number of aryl methyl sites for hydroxylation is 1. The van der Waals surface area contributed by atoms with E-state index in [1.54, 1.807) is 49.5 Å². The average Bonchev–Trinajstić information content (AvgIpc) is 2.41. The summed E-state index contributed by atoms with van der Waals surface area (Å²) in [6, 6.07) is 12.2. The Kier molecular flexibility index (Phi) is 3.84. The van der Waals surface area contributed by atoms with Gasteiger partial charge in [0, 0.05) is 16.8 Å². The molecule has 0 fully saturated rings. The minimum atomic E-state index is 0.168. The number of rotatable bonds is 2. The van der Waals surface area contributed by atoms with Gasteiger partial charge in [0.1, 0.15) is 5.75 Å². The molecule has 1 N–H and O–H groups in total. The number of hydrogen-bond acceptors (Lipinski definition) is 3. The molecule has 2 rings (SSSR count). The molecule has 0 unspecified atom stereocenters. The Labute approximate surface area is 116 Å². The van der Waals surface area contributed by atoms with Crippen molar-refractivity contribution in [2.75, 3.05) is 0 Å². The van der Waals surface area contributed by atoms with Gasteiger partial charge in [-0.2, -0.15) is 5.26 Å². The van der Waals surface area contributed by atoms with Gasteiger partial charge in [-0.3, -0.25) is 4.99 Å². The molecule has 19 heavy (non-hydrogen) atoms. The molecule has 0 spiro atoms. The van der Waals surface area contributed by atoms with E-state index in [2.05, 4.69) is 4.99 Å². The molecular formula is C15H11ClN2O. The van der Waals surface area contributed by atoms with Gasteiger partial charge in [0.15, 0.2) is 0 Å². The van der Waals surface area contributed by atoms with E-state index in [0.717, 1.165) is 0 Å². The lowest BCUT2D eigenvalue weighted by Crippen LogP contribution is -1.86. The SMILES string of the molecule is Cc1cc(Cl)cc(C=Nc2ccc(C#N)cc2)c1O. The normalized spacial score (nSPS) is 10.6. The average molecular weight is 271 g/mol. The predicted molar refractivity (Wildman–Crippen MR) is 76.3 cm³/mol. The van der Waals surface area contributed by atoms with E-state index in [9.17, 15) is 5.11 Å². The Morgan fingerprint density at radius 1 is 1.26 bits per heavy atom. The van der Waals surface area contributed by atoms with E-state index in [4.69, 9.17) is 16.9 Å². The molecule has 0 aromatic heterocycles. The van der Waals surface area contributed by atoms with Crippen LogP contribution in [0.4, 0.5) is 5.69 Å². The third kappa shape index (κ3) is 3.12. The number of aromatic hydroxyl groups is 1. The molecule has 0 saturated carbocycles. The molecule has 0 saturated heterocycles. The molecule has 3 nitrogen and oxygen atoms in total. The van der Waals surface area contributed by atoms with Crippen molar-refractivity contribution in [1.29, 1.82) is 5.26 Å². The smallest absolute Gasteiger partial charge is 0.127 e. The zero-order valence-electron chi connectivity index (χ0n) is 10.3. The van der Waals surface area contributed by atoms with Crippen molar-refractivity contribution in [1.82, 2.24) is 0 Å². The van der Waals surface area contributed by atoms with Crippen LogP contribution in [0.3, 0.4) is 0 Å². The third-order valence-corrected chi connectivity index (χ3v) is 2.86. The largest absolute Gasteiger partial charge is 0.507 e. The molecule has 0 heterocycles.